The van der Waals surface area contributed by atoms with Crippen molar-refractivity contribution in [1.29, 1.82) is 0 Å². The van der Waals surface area contributed by atoms with Crippen LogP contribution in [0.1, 0.15) is 42.8 Å². The van der Waals surface area contributed by atoms with Crippen LogP contribution in [0.5, 0.6) is 0 Å². The molecule has 106 valence electrons. The molecule has 1 saturated heterocycles. The van der Waals surface area contributed by atoms with Gasteiger partial charge < -0.3 is 9.32 Å². The summed E-state index contributed by atoms with van der Waals surface area (Å²) in [7, 11) is -1.46. The number of aromatic nitrogens is 2. The molecule has 1 fully saturated rings. The molecule has 1 aromatic heterocycles. The Bertz CT molecular complexity index is 579. The Morgan fingerprint density at radius 1 is 1.42 bits per heavy atom. The summed E-state index contributed by atoms with van der Waals surface area (Å²) in [6.07, 6.45) is 0.454. The third-order valence-electron chi connectivity index (χ3n) is 3.19. The molecule has 1 aliphatic rings. The Hall–Kier alpha value is -1.44. The molecule has 1 aliphatic heterocycles. The molecule has 0 spiro atoms. The lowest BCUT2D eigenvalue weighted by Crippen LogP contribution is -2.38. The minimum atomic E-state index is -3.02. The molecule has 1 atom stereocenters. The monoisotopic (exact) mass is 287 g/mol. The first-order valence-electron chi connectivity index (χ1n) is 6.11. The molecule has 0 aliphatic carbocycles. The Balaban J connectivity index is 2.10. The maximum atomic E-state index is 12.1. The van der Waals surface area contributed by atoms with Gasteiger partial charge in [-0.1, -0.05) is 13.8 Å². The fourth-order valence-electron chi connectivity index (χ4n) is 1.95. The lowest BCUT2D eigenvalue weighted by Gasteiger charge is -2.21. The van der Waals surface area contributed by atoms with Crippen molar-refractivity contribution >= 4 is 15.7 Å². The maximum Gasteiger partial charge on any atom is 0.311 e. The third kappa shape index (κ3) is 2.94. The zero-order chi connectivity index (χ0) is 14.2. The number of hydrogen-bond acceptors (Lipinski definition) is 6. The Labute approximate surface area is 111 Å². The van der Waals surface area contributed by atoms with Gasteiger partial charge in [-0.3, -0.25) is 4.79 Å². The molecular formula is C11H17N3O4S. The predicted octanol–water partition coefficient (Wildman–Crippen LogP) is 0.452. The number of carbonyl (C=O) groups is 1. The van der Waals surface area contributed by atoms with Gasteiger partial charge >= 0.3 is 11.8 Å². The first-order chi connectivity index (χ1) is 8.80. The van der Waals surface area contributed by atoms with Gasteiger partial charge in [0.1, 0.15) is 0 Å². The van der Waals surface area contributed by atoms with Gasteiger partial charge in [0.05, 0.1) is 11.5 Å². The van der Waals surface area contributed by atoms with Crippen molar-refractivity contribution in [3.05, 3.63) is 11.8 Å². The fraction of sp³-hybridized carbons (Fsp3) is 0.727. The summed E-state index contributed by atoms with van der Waals surface area (Å²) in [5.41, 5.74) is 0. The van der Waals surface area contributed by atoms with Crippen LogP contribution in [0, 0.1) is 0 Å². The molecule has 19 heavy (non-hydrogen) atoms. The van der Waals surface area contributed by atoms with Crippen LogP contribution in [0.25, 0.3) is 0 Å². The quantitative estimate of drug-likeness (QED) is 0.801. The smallest absolute Gasteiger partial charge is 0.311 e. The van der Waals surface area contributed by atoms with E-state index in [4.69, 9.17) is 4.42 Å². The molecule has 0 saturated carbocycles. The molecule has 0 bridgehead atoms. The van der Waals surface area contributed by atoms with Gasteiger partial charge in [0, 0.05) is 19.0 Å². The van der Waals surface area contributed by atoms with Gasteiger partial charge in [-0.2, -0.15) is 0 Å². The first-order valence-corrected chi connectivity index (χ1v) is 7.93. The van der Waals surface area contributed by atoms with Gasteiger partial charge in [-0.25, -0.2) is 8.42 Å². The summed E-state index contributed by atoms with van der Waals surface area (Å²) in [6.45, 7) is 3.77. The number of hydrogen-bond donors (Lipinski definition) is 0. The van der Waals surface area contributed by atoms with Crippen LogP contribution in [0.3, 0.4) is 0 Å². The summed E-state index contributed by atoms with van der Waals surface area (Å²) >= 11 is 0. The molecule has 1 aromatic rings. The predicted molar refractivity (Wildman–Crippen MR) is 67.5 cm³/mol. The SMILES string of the molecule is CC(C)c1nnc(C(=O)N(C)C2CCS(=O)(=O)C2)o1. The second-order valence-electron chi connectivity index (χ2n) is 5.07. The van der Waals surface area contributed by atoms with Crippen LogP contribution in [-0.4, -0.2) is 54.0 Å². The van der Waals surface area contributed by atoms with Crippen LogP contribution in [0.4, 0.5) is 0 Å². The van der Waals surface area contributed by atoms with E-state index in [-0.39, 0.29) is 29.4 Å². The molecule has 0 aromatic carbocycles. The van der Waals surface area contributed by atoms with Gasteiger partial charge in [0.15, 0.2) is 9.84 Å². The van der Waals surface area contributed by atoms with Crippen molar-refractivity contribution in [3.8, 4) is 0 Å². The largest absolute Gasteiger partial charge is 0.417 e. The summed E-state index contributed by atoms with van der Waals surface area (Å²) in [5.74, 6) is 0.0514. The van der Waals surface area contributed by atoms with Crippen LogP contribution in [0.2, 0.25) is 0 Å². The zero-order valence-corrected chi connectivity index (χ0v) is 12.0. The van der Waals surface area contributed by atoms with E-state index in [1.165, 1.54) is 4.90 Å². The van der Waals surface area contributed by atoms with Crippen molar-refractivity contribution in [2.75, 3.05) is 18.6 Å². The number of rotatable bonds is 3. The number of amides is 1. The molecule has 0 N–H and O–H groups in total. The third-order valence-corrected chi connectivity index (χ3v) is 4.94. The van der Waals surface area contributed by atoms with Crippen LogP contribution in [-0.2, 0) is 9.84 Å². The first kappa shape index (κ1) is 14.0. The van der Waals surface area contributed by atoms with E-state index in [1.807, 2.05) is 13.8 Å². The normalized spacial score (nSPS) is 21.8. The van der Waals surface area contributed by atoms with Crippen molar-refractivity contribution in [2.24, 2.45) is 0 Å². The molecular weight excluding hydrogens is 270 g/mol. The van der Waals surface area contributed by atoms with E-state index >= 15 is 0 Å². The minimum Gasteiger partial charge on any atom is -0.417 e. The average molecular weight is 287 g/mol. The Kier molecular flexibility index (Phi) is 3.62. The molecule has 2 rings (SSSR count). The van der Waals surface area contributed by atoms with Crippen molar-refractivity contribution in [3.63, 3.8) is 0 Å². The van der Waals surface area contributed by atoms with Gasteiger partial charge in [-0.15, -0.1) is 10.2 Å². The minimum absolute atomic E-state index is 0.000412. The second-order valence-corrected chi connectivity index (χ2v) is 7.30. The van der Waals surface area contributed by atoms with E-state index in [0.29, 0.717) is 12.3 Å². The van der Waals surface area contributed by atoms with E-state index in [9.17, 15) is 13.2 Å². The molecule has 1 amide bonds. The van der Waals surface area contributed by atoms with Crippen LogP contribution in [0.15, 0.2) is 4.42 Å². The van der Waals surface area contributed by atoms with Gasteiger partial charge in [-0.05, 0) is 6.42 Å². The second kappa shape index (κ2) is 4.92. The van der Waals surface area contributed by atoms with Gasteiger partial charge in [0.2, 0.25) is 5.89 Å². The van der Waals surface area contributed by atoms with E-state index < -0.39 is 15.7 Å². The van der Waals surface area contributed by atoms with E-state index in [1.54, 1.807) is 7.05 Å². The Morgan fingerprint density at radius 2 is 2.11 bits per heavy atom. The Morgan fingerprint density at radius 3 is 2.58 bits per heavy atom. The highest BCUT2D eigenvalue weighted by Gasteiger charge is 2.34. The van der Waals surface area contributed by atoms with Crippen molar-refractivity contribution < 1.29 is 17.6 Å². The number of sulfone groups is 1. The molecule has 8 heteroatoms. The van der Waals surface area contributed by atoms with Gasteiger partial charge in [0.25, 0.3) is 0 Å². The van der Waals surface area contributed by atoms with Crippen LogP contribution >= 0.6 is 0 Å². The summed E-state index contributed by atoms with van der Waals surface area (Å²) in [5, 5.41) is 7.50. The highest BCUT2D eigenvalue weighted by molar-refractivity contribution is 7.91. The summed E-state index contributed by atoms with van der Waals surface area (Å²) in [6, 6.07) is -0.313. The molecule has 7 nitrogen and oxygen atoms in total. The molecule has 0 radical (unpaired) electrons. The zero-order valence-electron chi connectivity index (χ0n) is 11.2. The molecule has 2 heterocycles. The lowest BCUT2D eigenvalue weighted by atomic mass is 10.2. The molecule has 1 unspecified atom stereocenters. The fourth-order valence-corrected chi connectivity index (χ4v) is 3.73. The number of carbonyl (C=O) groups excluding carboxylic acids is 1. The lowest BCUT2D eigenvalue weighted by molar-refractivity contribution is 0.0705. The highest BCUT2D eigenvalue weighted by atomic mass is 32.2. The van der Waals surface area contributed by atoms with Crippen molar-refractivity contribution in [2.45, 2.75) is 32.2 Å². The average Bonchev–Trinajstić information content (AvgIpc) is 2.93. The standard InChI is InChI=1S/C11H17N3O4S/c1-7(2)9-12-13-10(18-9)11(15)14(3)8-4-5-19(16,17)6-8/h7-8H,4-6H2,1-3H3. The van der Waals surface area contributed by atoms with E-state index in [0.717, 1.165) is 0 Å². The van der Waals surface area contributed by atoms with E-state index in [2.05, 4.69) is 10.2 Å². The summed E-state index contributed by atoms with van der Waals surface area (Å²) in [4.78, 5) is 13.5. The topological polar surface area (TPSA) is 93.4 Å². The highest BCUT2D eigenvalue weighted by Crippen LogP contribution is 2.19. The number of nitrogens with zero attached hydrogens (tertiary/aromatic N) is 3. The van der Waals surface area contributed by atoms with Crippen LogP contribution < -0.4 is 0 Å². The summed E-state index contributed by atoms with van der Waals surface area (Å²) < 4.78 is 28.1. The van der Waals surface area contributed by atoms with Crippen molar-refractivity contribution in [1.82, 2.24) is 15.1 Å². The maximum absolute atomic E-state index is 12.1.